The monoisotopic (exact) mass is 395 g/mol. The van der Waals surface area contributed by atoms with Crippen LogP contribution in [-0.2, 0) is 9.47 Å². The first-order valence-corrected chi connectivity index (χ1v) is 10.1. The van der Waals surface area contributed by atoms with Crippen LogP contribution in [0.25, 0.3) is 0 Å². The number of aliphatic imine (C=N–C) groups is 1. The molecule has 1 aromatic rings. The van der Waals surface area contributed by atoms with Crippen molar-refractivity contribution in [3.8, 4) is 5.75 Å². The van der Waals surface area contributed by atoms with Crippen LogP contribution in [0.3, 0.4) is 0 Å². The molecule has 150 valence electrons. The van der Waals surface area contributed by atoms with Gasteiger partial charge in [0.15, 0.2) is 5.96 Å². The van der Waals surface area contributed by atoms with Gasteiger partial charge in [-0.25, -0.2) is 0 Å². The van der Waals surface area contributed by atoms with Crippen molar-refractivity contribution in [2.45, 2.75) is 38.4 Å². The van der Waals surface area contributed by atoms with Crippen LogP contribution in [-0.4, -0.2) is 69.6 Å². The number of nitrogens with one attached hydrogen (secondary N) is 1. The molecule has 3 rings (SSSR count). The van der Waals surface area contributed by atoms with Crippen LogP contribution < -0.4 is 10.1 Å². The number of hydrogen-bond acceptors (Lipinski definition) is 4. The molecule has 2 atom stereocenters. The normalized spacial score (nSPS) is 23.5. The molecule has 2 unspecified atom stereocenters. The first kappa shape index (κ1) is 20.2. The Balaban J connectivity index is 1.39. The largest absolute Gasteiger partial charge is 0.493 e. The quantitative estimate of drug-likeness (QED) is 0.456. The molecule has 1 N–H and O–H groups in total. The fourth-order valence-electron chi connectivity index (χ4n) is 3.55. The highest BCUT2D eigenvalue weighted by Gasteiger charge is 2.32. The highest BCUT2D eigenvalue weighted by molar-refractivity contribution is 6.30. The summed E-state index contributed by atoms with van der Waals surface area (Å²) < 4.78 is 17.6. The van der Waals surface area contributed by atoms with Crippen molar-refractivity contribution in [2.24, 2.45) is 4.99 Å². The molecular weight excluding hydrogens is 366 g/mol. The van der Waals surface area contributed by atoms with E-state index in [2.05, 4.69) is 15.2 Å². The third-order valence-corrected chi connectivity index (χ3v) is 5.22. The molecule has 2 saturated heterocycles. The lowest BCUT2D eigenvalue weighted by atomic mass is 10.1. The van der Waals surface area contributed by atoms with Crippen molar-refractivity contribution in [3.63, 3.8) is 0 Å². The van der Waals surface area contributed by atoms with E-state index in [1.165, 1.54) is 0 Å². The molecule has 2 fully saturated rings. The Morgan fingerprint density at radius 2 is 2.19 bits per heavy atom. The third-order valence-electron chi connectivity index (χ3n) is 4.98. The second-order valence-electron chi connectivity index (χ2n) is 6.99. The van der Waals surface area contributed by atoms with Gasteiger partial charge < -0.3 is 24.4 Å². The molecule has 2 aliphatic rings. The standard InChI is InChI=1S/C20H30ClN3O3/c1-15-13-16(21)6-7-17(15)25-11-4-8-23-20(22-2)24-9-12-27-19(14-24)18-5-3-10-26-18/h6-7,13,18-19H,3-5,8-12,14H2,1-2H3,(H,22,23). The zero-order valence-corrected chi connectivity index (χ0v) is 17.0. The summed E-state index contributed by atoms with van der Waals surface area (Å²) >= 11 is 5.98. The van der Waals surface area contributed by atoms with E-state index in [0.29, 0.717) is 13.2 Å². The molecular formula is C20H30ClN3O3. The lowest BCUT2D eigenvalue weighted by Crippen LogP contribution is -2.53. The Kier molecular flexibility index (Phi) is 7.61. The van der Waals surface area contributed by atoms with E-state index in [1.807, 2.05) is 32.2 Å². The van der Waals surface area contributed by atoms with E-state index in [9.17, 15) is 0 Å². The second-order valence-corrected chi connectivity index (χ2v) is 7.43. The number of hydrogen-bond donors (Lipinski definition) is 1. The van der Waals surface area contributed by atoms with Crippen molar-refractivity contribution in [1.82, 2.24) is 10.2 Å². The predicted molar refractivity (Wildman–Crippen MR) is 108 cm³/mol. The molecule has 0 bridgehead atoms. The summed E-state index contributed by atoms with van der Waals surface area (Å²) in [5.74, 6) is 1.81. The summed E-state index contributed by atoms with van der Waals surface area (Å²) in [6.45, 7) is 6.70. The minimum atomic E-state index is 0.135. The Labute approximate surface area is 166 Å². The fraction of sp³-hybridized carbons (Fsp3) is 0.650. The number of halogens is 1. The van der Waals surface area contributed by atoms with Crippen molar-refractivity contribution in [1.29, 1.82) is 0 Å². The molecule has 0 amide bonds. The van der Waals surface area contributed by atoms with Crippen molar-refractivity contribution in [3.05, 3.63) is 28.8 Å². The molecule has 27 heavy (non-hydrogen) atoms. The van der Waals surface area contributed by atoms with Gasteiger partial charge in [-0.05, 0) is 49.9 Å². The Bertz CT molecular complexity index is 635. The number of rotatable bonds is 6. The van der Waals surface area contributed by atoms with Crippen molar-refractivity contribution in [2.75, 3.05) is 46.5 Å². The molecule has 2 heterocycles. The topological polar surface area (TPSA) is 55.3 Å². The van der Waals surface area contributed by atoms with Gasteiger partial charge in [0.1, 0.15) is 11.9 Å². The SMILES string of the molecule is CN=C(NCCCOc1ccc(Cl)cc1C)N1CCOC(C2CCCO2)C1. The molecule has 2 aliphatic heterocycles. The minimum Gasteiger partial charge on any atom is -0.493 e. The average molecular weight is 396 g/mol. The van der Waals surface area contributed by atoms with Gasteiger partial charge in [0.25, 0.3) is 0 Å². The summed E-state index contributed by atoms with van der Waals surface area (Å²) in [7, 11) is 1.83. The van der Waals surface area contributed by atoms with Gasteiger partial charge >= 0.3 is 0 Å². The maximum Gasteiger partial charge on any atom is 0.193 e. The summed E-state index contributed by atoms with van der Waals surface area (Å²) in [5, 5.41) is 4.17. The van der Waals surface area contributed by atoms with Crippen LogP contribution in [0.2, 0.25) is 5.02 Å². The lowest BCUT2D eigenvalue weighted by molar-refractivity contribution is -0.0816. The molecule has 0 aliphatic carbocycles. The molecule has 0 saturated carbocycles. The third kappa shape index (κ3) is 5.74. The molecule has 1 aromatic carbocycles. The van der Waals surface area contributed by atoms with E-state index in [-0.39, 0.29) is 12.2 Å². The number of nitrogens with zero attached hydrogens (tertiary/aromatic N) is 2. The van der Waals surface area contributed by atoms with Crippen LogP contribution in [0.4, 0.5) is 0 Å². The summed E-state index contributed by atoms with van der Waals surface area (Å²) in [6.07, 6.45) is 3.47. The van der Waals surface area contributed by atoms with Gasteiger partial charge in [0.05, 0.1) is 19.3 Å². The van der Waals surface area contributed by atoms with Crippen LogP contribution in [0, 0.1) is 6.92 Å². The predicted octanol–water partition coefficient (Wildman–Crippen LogP) is 2.87. The number of ether oxygens (including phenoxy) is 3. The summed E-state index contributed by atoms with van der Waals surface area (Å²) in [4.78, 5) is 6.70. The first-order chi connectivity index (χ1) is 13.2. The molecule has 0 spiro atoms. The number of aryl methyl sites for hydroxylation is 1. The zero-order valence-electron chi connectivity index (χ0n) is 16.2. The van der Waals surface area contributed by atoms with E-state index in [1.54, 1.807) is 0 Å². The summed E-state index contributed by atoms with van der Waals surface area (Å²) in [6, 6.07) is 5.69. The maximum absolute atomic E-state index is 5.98. The van der Waals surface area contributed by atoms with Crippen LogP contribution in [0.1, 0.15) is 24.8 Å². The highest BCUT2D eigenvalue weighted by atomic mass is 35.5. The lowest BCUT2D eigenvalue weighted by Gasteiger charge is -2.37. The molecule has 0 aromatic heterocycles. The van der Waals surface area contributed by atoms with Gasteiger partial charge in [-0.2, -0.15) is 0 Å². The smallest absolute Gasteiger partial charge is 0.193 e. The van der Waals surface area contributed by atoms with Gasteiger partial charge in [0, 0.05) is 38.3 Å². The second kappa shape index (κ2) is 10.2. The van der Waals surface area contributed by atoms with Gasteiger partial charge in [-0.1, -0.05) is 11.6 Å². The van der Waals surface area contributed by atoms with Crippen molar-refractivity contribution >= 4 is 17.6 Å². The fourth-order valence-corrected chi connectivity index (χ4v) is 3.78. The van der Waals surface area contributed by atoms with Gasteiger partial charge in [-0.15, -0.1) is 0 Å². The van der Waals surface area contributed by atoms with Crippen LogP contribution in [0.5, 0.6) is 5.75 Å². The first-order valence-electron chi connectivity index (χ1n) is 9.75. The maximum atomic E-state index is 5.98. The van der Waals surface area contributed by atoms with Crippen molar-refractivity contribution < 1.29 is 14.2 Å². The molecule has 7 heteroatoms. The number of guanidine groups is 1. The zero-order chi connectivity index (χ0) is 19.1. The van der Waals surface area contributed by atoms with E-state index in [4.69, 9.17) is 25.8 Å². The number of benzene rings is 1. The highest BCUT2D eigenvalue weighted by Crippen LogP contribution is 2.22. The summed E-state index contributed by atoms with van der Waals surface area (Å²) in [5.41, 5.74) is 1.06. The van der Waals surface area contributed by atoms with Gasteiger partial charge in [0.2, 0.25) is 0 Å². The average Bonchev–Trinajstić information content (AvgIpc) is 3.21. The van der Waals surface area contributed by atoms with E-state index in [0.717, 1.165) is 67.8 Å². The van der Waals surface area contributed by atoms with E-state index >= 15 is 0 Å². The molecule has 6 nitrogen and oxygen atoms in total. The Morgan fingerprint density at radius 1 is 1.33 bits per heavy atom. The van der Waals surface area contributed by atoms with E-state index < -0.39 is 0 Å². The Hall–Kier alpha value is -1.50. The Morgan fingerprint density at radius 3 is 2.93 bits per heavy atom. The molecule has 0 radical (unpaired) electrons. The van der Waals surface area contributed by atoms with Gasteiger partial charge in [-0.3, -0.25) is 4.99 Å². The van der Waals surface area contributed by atoms with Crippen LogP contribution in [0.15, 0.2) is 23.2 Å². The number of morpholine rings is 1. The van der Waals surface area contributed by atoms with Crippen LogP contribution >= 0.6 is 11.6 Å². The minimum absolute atomic E-state index is 0.135.